The van der Waals surface area contributed by atoms with Crippen molar-refractivity contribution in [1.82, 2.24) is 9.80 Å². The zero-order valence-electron chi connectivity index (χ0n) is 18.3. The molecular weight excluding hydrogens is 423 g/mol. The Hall–Kier alpha value is -2.99. The van der Waals surface area contributed by atoms with Crippen LogP contribution in [0.3, 0.4) is 0 Å². The van der Waals surface area contributed by atoms with E-state index in [0.29, 0.717) is 13.1 Å². The van der Waals surface area contributed by atoms with Gasteiger partial charge in [-0.15, -0.1) is 11.3 Å². The van der Waals surface area contributed by atoms with Crippen molar-refractivity contribution in [3.8, 4) is 0 Å². The minimum atomic E-state index is -0.568. The first-order valence-electron chi connectivity index (χ1n) is 10.9. The highest BCUT2D eigenvalue weighted by molar-refractivity contribution is 7.10. The maximum absolute atomic E-state index is 14.3. The summed E-state index contributed by atoms with van der Waals surface area (Å²) in [6.07, 6.45) is 0.799. The molecule has 32 heavy (non-hydrogen) atoms. The van der Waals surface area contributed by atoms with Gasteiger partial charge in [0.25, 0.3) is 5.91 Å². The molecule has 1 aliphatic heterocycles. The van der Waals surface area contributed by atoms with E-state index in [1.165, 1.54) is 21.9 Å². The molecule has 2 aromatic carbocycles. The van der Waals surface area contributed by atoms with E-state index in [1.807, 2.05) is 49.1 Å². The first-order chi connectivity index (χ1) is 15.5. The Labute approximate surface area is 192 Å². The van der Waals surface area contributed by atoms with Crippen LogP contribution in [0.1, 0.15) is 46.3 Å². The molecule has 1 atom stereocenters. The number of carbonyl (C=O) groups is 2. The maximum Gasteiger partial charge on any atom is 0.257 e. The molecule has 3 aromatic rings. The number of nitrogens with zero attached hydrogens (tertiary/aromatic N) is 2. The lowest BCUT2D eigenvalue weighted by Crippen LogP contribution is -2.47. The van der Waals surface area contributed by atoms with E-state index in [9.17, 15) is 14.0 Å². The average Bonchev–Trinajstić information content (AvgIpc) is 3.27. The summed E-state index contributed by atoms with van der Waals surface area (Å²) in [5.74, 6) is -0.995. The molecule has 1 aromatic heterocycles. The molecule has 0 bridgehead atoms. The lowest BCUT2D eigenvalue weighted by atomic mass is 9.93. The summed E-state index contributed by atoms with van der Waals surface area (Å²) in [6, 6.07) is 17.8. The molecule has 0 saturated heterocycles. The Morgan fingerprint density at radius 2 is 1.81 bits per heavy atom. The third-order valence-electron chi connectivity index (χ3n) is 5.70. The Morgan fingerprint density at radius 1 is 1.09 bits per heavy atom. The van der Waals surface area contributed by atoms with Crippen LogP contribution in [-0.2, 0) is 11.2 Å². The van der Waals surface area contributed by atoms with Gasteiger partial charge in [0, 0.05) is 18.0 Å². The second kappa shape index (κ2) is 9.65. The predicted molar refractivity (Wildman–Crippen MR) is 125 cm³/mol. The first kappa shape index (κ1) is 22.2. The van der Waals surface area contributed by atoms with Gasteiger partial charge in [0.15, 0.2) is 0 Å². The highest BCUT2D eigenvalue weighted by Crippen LogP contribution is 2.37. The van der Waals surface area contributed by atoms with Crippen LogP contribution in [0.25, 0.3) is 0 Å². The van der Waals surface area contributed by atoms with Crippen LogP contribution in [0.2, 0.25) is 0 Å². The molecule has 0 N–H and O–H groups in total. The quantitative estimate of drug-likeness (QED) is 0.521. The van der Waals surface area contributed by atoms with E-state index < -0.39 is 11.7 Å². The molecule has 0 radical (unpaired) electrons. The minimum Gasteiger partial charge on any atom is -0.330 e. The summed E-state index contributed by atoms with van der Waals surface area (Å²) in [4.78, 5) is 31.4. The summed E-state index contributed by atoms with van der Waals surface area (Å²) >= 11 is 1.72. The molecule has 1 unspecified atom stereocenters. The van der Waals surface area contributed by atoms with Gasteiger partial charge in [-0.1, -0.05) is 56.3 Å². The van der Waals surface area contributed by atoms with Crippen LogP contribution in [-0.4, -0.2) is 41.2 Å². The van der Waals surface area contributed by atoms with Crippen molar-refractivity contribution >= 4 is 23.2 Å². The number of amides is 2. The lowest BCUT2D eigenvalue weighted by Gasteiger charge is -2.38. The fraction of sp³-hybridized carbons (Fsp3) is 0.308. The zero-order chi connectivity index (χ0) is 22.7. The molecule has 4 rings (SSSR count). The van der Waals surface area contributed by atoms with Gasteiger partial charge in [0.05, 0.1) is 11.6 Å². The van der Waals surface area contributed by atoms with Crippen LogP contribution in [0.5, 0.6) is 0 Å². The third-order valence-corrected chi connectivity index (χ3v) is 6.70. The Balaban J connectivity index is 1.62. The summed E-state index contributed by atoms with van der Waals surface area (Å²) in [5.41, 5.74) is 2.20. The summed E-state index contributed by atoms with van der Waals surface area (Å²) in [5, 5.41) is 2.07. The fourth-order valence-corrected chi connectivity index (χ4v) is 5.20. The topological polar surface area (TPSA) is 40.6 Å². The molecule has 1 aliphatic rings. The average molecular weight is 451 g/mol. The van der Waals surface area contributed by atoms with Crippen LogP contribution in [0, 0.1) is 11.7 Å². The lowest BCUT2D eigenvalue weighted by molar-refractivity contribution is -0.134. The van der Waals surface area contributed by atoms with Gasteiger partial charge < -0.3 is 9.80 Å². The van der Waals surface area contributed by atoms with Gasteiger partial charge in [0.2, 0.25) is 5.91 Å². The molecule has 2 heterocycles. The molecule has 4 nitrogen and oxygen atoms in total. The number of benzene rings is 2. The van der Waals surface area contributed by atoms with Crippen molar-refractivity contribution in [2.75, 3.05) is 19.6 Å². The van der Waals surface area contributed by atoms with Crippen LogP contribution < -0.4 is 0 Å². The molecule has 2 amide bonds. The van der Waals surface area contributed by atoms with Gasteiger partial charge in [0.1, 0.15) is 12.4 Å². The Morgan fingerprint density at radius 3 is 2.53 bits per heavy atom. The maximum atomic E-state index is 14.3. The van der Waals surface area contributed by atoms with Gasteiger partial charge in [-0.2, -0.15) is 0 Å². The van der Waals surface area contributed by atoms with Crippen molar-refractivity contribution in [2.24, 2.45) is 5.92 Å². The normalized spacial score (nSPS) is 15.5. The Bertz CT molecular complexity index is 1100. The monoisotopic (exact) mass is 450 g/mol. The molecule has 0 aliphatic carbocycles. The molecule has 6 heteroatoms. The van der Waals surface area contributed by atoms with E-state index in [4.69, 9.17) is 0 Å². The van der Waals surface area contributed by atoms with Crippen LogP contribution in [0.4, 0.5) is 4.39 Å². The van der Waals surface area contributed by atoms with E-state index in [0.717, 1.165) is 17.5 Å². The predicted octanol–water partition coefficient (Wildman–Crippen LogP) is 5.16. The standard InChI is InChI=1S/C26H27FN2O2S/c1-18(2)16-28(26(31)20-10-6-7-11-22(20)27)17-24(30)29-14-12-23-21(13-15-32-23)25(29)19-8-4-3-5-9-19/h3-11,13,15,18,25H,12,14,16-17H2,1-2H3. The number of hydrogen-bond donors (Lipinski definition) is 0. The first-order valence-corrected chi connectivity index (χ1v) is 11.8. The van der Waals surface area contributed by atoms with Crippen molar-refractivity contribution in [2.45, 2.75) is 26.3 Å². The summed E-state index contributed by atoms with van der Waals surface area (Å²) < 4.78 is 14.3. The van der Waals surface area contributed by atoms with Crippen molar-refractivity contribution in [3.63, 3.8) is 0 Å². The summed E-state index contributed by atoms with van der Waals surface area (Å²) in [7, 11) is 0. The number of fused-ring (bicyclic) bond motifs is 1. The second-order valence-electron chi connectivity index (χ2n) is 8.51. The molecular formula is C26H27FN2O2S. The number of rotatable bonds is 6. The largest absolute Gasteiger partial charge is 0.330 e. The zero-order valence-corrected chi connectivity index (χ0v) is 19.1. The second-order valence-corrected chi connectivity index (χ2v) is 9.51. The Kier molecular flexibility index (Phi) is 6.70. The fourth-order valence-electron chi connectivity index (χ4n) is 4.30. The summed E-state index contributed by atoms with van der Waals surface area (Å²) in [6.45, 7) is 4.87. The van der Waals surface area contributed by atoms with E-state index in [-0.39, 0.29) is 30.0 Å². The van der Waals surface area contributed by atoms with E-state index in [1.54, 1.807) is 23.5 Å². The number of halogens is 1. The highest BCUT2D eigenvalue weighted by atomic mass is 32.1. The van der Waals surface area contributed by atoms with Crippen LogP contribution >= 0.6 is 11.3 Å². The number of carbonyl (C=O) groups excluding carboxylic acids is 2. The van der Waals surface area contributed by atoms with Gasteiger partial charge in [-0.25, -0.2) is 4.39 Å². The highest BCUT2D eigenvalue weighted by Gasteiger charge is 2.34. The SMILES string of the molecule is CC(C)CN(CC(=O)N1CCc2sccc2C1c1ccccc1)C(=O)c1ccccc1F. The molecule has 0 saturated carbocycles. The van der Waals surface area contributed by atoms with Gasteiger partial charge in [-0.05, 0) is 47.0 Å². The van der Waals surface area contributed by atoms with Gasteiger partial charge >= 0.3 is 0 Å². The number of thiophene rings is 1. The molecule has 166 valence electrons. The van der Waals surface area contributed by atoms with Crippen molar-refractivity contribution in [3.05, 3.63) is 93.4 Å². The van der Waals surface area contributed by atoms with Crippen molar-refractivity contribution in [1.29, 1.82) is 0 Å². The molecule has 0 fully saturated rings. The van der Waals surface area contributed by atoms with Crippen molar-refractivity contribution < 1.29 is 14.0 Å². The van der Waals surface area contributed by atoms with E-state index >= 15 is 0 Å². The van der Waals surface area contributed by atoms with Gasteiger partial charge in [-0.3, -0.25) is 9.59 Å². The van der Waals surface area contributed by atoms with Crippen LogP contribution in [0.15, 0.2) is 66.0 Å². The third kappa shape index (κ3) is 4.60. The minimum absolute atomic E-state index is 0.000626. The molecule has 0 spiro atoms. The number of hydrogen-bond acceptors (Lipinski definition) is 3. The smallest absolute Gasteiger partial charge is 0.257 e. The van der Waals surface area contributed by atoms with E-state index in [2.05, 4.69) is 11.4 Å².